The molecule has 4 aromatic rings. The minimum atomic E-state index is -0.0622. The molecule has 1 fully saturated rings. The zero-order valence-corrected chi connectivity index (χ0v) is 19.3. The number of rotatable bonds is 3. The number of carbonyl (C=O) groups excluding carboxylic acids is 1. The summed E-state index contributed by atoms with van der Waals surface area (Å²) in [6.45, 7) is 5.00. The monoisotopic (exact) mass is 475 g/mol. The van der Waals surface area contributed by atoms with Gasteiger partial charge in [-0.05, 0) is 48.9 Å². The van der Waals surface area contributed by atoms with Gasteiger partial charge in [0.25, 0.3) is 5.91 Å². The van der Waals surface area contributed by atoms with Crippen molar-refractivity contribution < 1.29 is 14.3 Å². The Bertz CT molecular complexity index is 1410. The number of hydrogen-bond acceptors (Lipinski definition) is 6. The molecule has 0 bridgehead atoms. The third-order valence-corrected chi connectivity index (χ3v) is 6.61. The van der Waals surface area contributed by atoms with E-state index in [2.05, 4.69) is 21.9 Å². The maximum absolute atomic E-state index is 13.4. The van der Waals surface area contributed by atoms with Crippen molar-refractivity contribution in [1.29, 1.82) is 0 Å². The summed E-state index contributed by atoms with van der Waals surface area (Å²) in [6, 6.07) is 13.5. The summed E-state index contributed by atoms with van der Waals surface area (Å²) in [5, 5.41) is 5.22. The fourth-order valence-corrected chi connectivity index (χ4v) is 4.73. The summed E-state index contributed by atoms with van der Waals surface area (Å²) in [6.07, 6.45) is 3.31. The predicted molar refractivity (Wildman–Crippen MR) is 129 cm³/mol. The standard InChI is InChI=1S/C25H22ClN5O3/c1-16-2-4-18(26)13-21(16)29-8-10-30(11-9-29)25(32)19-14-28-31-20(6-7-27-24(19)31)17-3-5-22-23(12-17)34-15-33-22/h2-7,12-14H,8-11,15H2,1H3. The van der Waals surface area contributed by atoms with Crippen LogP contribution in [0.5, 0.6) is 11.5 Å². The van der Waals surface area contributed by atoms with Gasteiger partial charge in [0.1, 0.15) is 5.56 Å². The summed E-state index contributed by atoms with van der Waals surface area (Å²) >= 11 is 6.20. The Morgan fingerprint density at radius 3 is 2.68 bits per heavy atom. The van der Waals surface area contributed by atoms with E-state index in [1.807, 2.05) is 47.4 Å². The number of fused-ring (bicyclic) bond motifs is 2. The van der Waals surface area contributed by atoms with E-state index < -0.39 is 0 Å². The minimum absolute atomic E-state index is 0.0622. The molecule has 4 heterocycles. The molecule has 0 unspecified atom stereocenters. The predicted octanol–water partition coefficient (Wildman–Crippen LogP) is 4.05. The molecule has 0 N–H and O–H groups in total. The van der Waals surface area contributed by atoms with Gasteiger partial charge in [-0.15, -0.1) is 0 Å². The Morgan fingerprint density at radius 1 is 1.00 bits per heavy atom. The smallest absolute Gasteiger partial charge is 0.259 e. The largest absolute Gasteiger partial charge is 0.454 e. The van der Waals surface area contributed by atoms with Crippen LogP contribution in [0.1, 0.15) is 15.9 Å². The summed E-state index contributed by atoms with van der Waals surface area (Å²) in [4.78, 5) is 22.0. The van der Waals surface area contributed by atoms with Crippen LogP contribution in [0.15, 0.2) is 54.9 Å². The molecular weight excluding hydrogens is 454 g/mol. The molecule has 0 aliphatic carbocycles. The lowest BCUT2D eigenvalue weighted by Crippen LogP contribution is -2.49. The highest BCUT2D eigenvalue weighted by atomic mass is 35.5. The fourth-order valence-electron chi connectivity index (χ4n) is 4.56. The van der Waals surface area contributed by atoms with E-state index in [4.69, 9.17) is 21.1 Å². The van der Waals surface area contributed by atoms with Crippen molar-refractivity contribution in [3.8, 4) is 22.8 Å². The highest BCUT2D eigenvalue weighted by Crippen LogP contribution is 2.36. The number of anilines is 1. The van der Waals surface area contributed by atoms with E-state index in [9.17, 15) is 4.79 Å². The maximum atomic E-state index is 13.4. The maximum Gasteiger partial charge on any atom is 0.259 e. The van der Waals surface area contributed by atoms with Crippen LogP contribution in [0.4, 0.5) is 5.69 Å². The highest BCUT2D eigenvalue weighted by Gasteiger charge is 2.26. The number of ether oxygens (including phenoxy) is 2. The average Bonchev–Trinajstić information content (AvgIpc) is 3.52. The van der Waals surface area contributed by atoms with E-state index in [0.29, 0.717) is 30.0 Å². The first-order valence-corrected chi connectivity index (χ1v) is 11.5. The van der Waals surface area contributed by atoms with Gasteiger partial charge in [-0.1, -0.05) is 17.7 Å². The highest BCUT2D eigenvalue weighted by molar-refractivity contribution is 6.30. The Hall–Kier alpha value is -3.78. The molecule has 2 aliphatic heterocycles. The number of benzene rings is 2. The SMILES string of the molecule is Cc1ccc(Cl)cc1N1CCN(C(=O)c2cnn3c(-c4ccc5c(c4)OCO5)ccnc23)CC1. The van der Waals surface area contributed by atoms with E-state index in [-0.39, 0.29) is 12.7 Å². The van der Waals surface area contributed by atoms with Gasteiger partial charge in [0.05, 0.1) is 11.9 Å². The van der Waals surface area contributed by atoms with Crippen molar-refractivity contribution in [1.82, 2.24) is 19.5 Å². The van der Waals surface area contributed by atoms with Crippen LogP contribution in [0, 0.1) is 6.92 Å². The van der Waals surface area contributed by atoms with Crippen molar-refractivity contribution in [2.45, 2.75) is 6.92 Å². The van der Waals surface area contributed by atoms with Crippen molar-refractivity contribution in [2.24, 2.45) is 0 Å². The van der Waals surface area contributed by atoms with Crippen LogP contribution in [-0.2, 0) is 0 Å². The Kier molecular flexibility index (Phi) is 5.03. The first-order valence-electron chi connectivity index (χ1n) is 11.1. The van der Waals surface area contributed by atoms with Crippen LogP contribution >= 0.6 is 11.6 Å². The first kappa shape index (κ1) is 20.8. The molecule has 0 atom stereocenters. The second-order valence-corrected chi connectivity index (χ2v) is 8.84. The number of halogens is 1. The normalized spacial score (nSPS) is 15.2. The molecule has 0 spiro atoms. The second-order valence-electron chi connectivity index (χ2n) is 8.40. The Morgan fingerprint density at radius 2 is 1.82 bits per heavy atom. The van der Waals surface area contributed by atoms with Crippen molar-refractivity contribution in [2.75, 3.05) is 37.9 Å². The van der Waals surface area contributed by atoms with E-state index in [1.54, 1.807) is 16.9 Å². The van der Waals surface area contributed by atoms with Gasteiger partial charge < -0.3 is 19.3 Å². The van der Waals surface area contributed by atoms with Crippen LogP contribution in [0.3, 0.4) is 0 Å². The van der Waals surface area contributed by atoms with Crippen molar-refractivity contribution in [3.63, 3.8) is 0 Å². The van der Waals surface area contributed by atoms with E-state index >= 15 is 0 Å². The van der Waals surface area contributed by atoms with Gasteiger partial charge in [0.2, 0.25) is 6.79 Å². The van der Waals surface area contributed by atoms with Gasteiger partial charge in [0.15, 0.2) is 17.1 Å². The average molecular weight is 476 g/mol. The second kappa shape index (κ2) is 8.22. The minimum Gasteiger partial charge on any atom is -0.454 e. The summed E-state index contributed by atoms with van der Waals surface area (Å²) in [5.74, 6) is 1.35. The summed E-state index contributed by atoms with van der Waals surface area (Å²) < 4.78 is 12.6. The molecule has 1 amide bonds. The van der Waals surface area contributed by atoms with E-state index in [1.165, 1.54) is 5.56 Å². The third-order valence-electron chi connectivity index (χ3n) is 6.38. The lowest BCUT2D eigenvalue weighted by molar-refractivity contribution is 0.0748. The molecule has 2 aromatic heterocycles. The molecule has 34 heavy (non-hydrogen) atoms. The lowest BCUT2D eigenvalue weighted by atomic mass is 10.1. The quantitative estimate of drug-likeness (QED) is 0.445. The van der Waals surface area contributed by atoms with Crippen LogP contribution < -0.4 is 14.4 Å². The van der Waals surface area contributed by atoms with Gasteiger partial charge in [0, 0.05) is 48.6 Å². The van der Waals surface area contributed by atoms with Crippen molar-refractivity contribution >= 4 is 28.8 Å². The third kappa shape index (κ3) is 3.51. The summed E-state index contributed by atoms with van der Waals surface area (Å²) in [5.41, 5.74) is 5.05. The zero-order chi connectivity index (χ0) is 23.2. The van der Waals surface area contributed by atoms with Crippen molar-refractivity contribution in [3.05, 3.63) is 71.0 Å². The number of hydrogen-bond donors (Lipinski definition) is 0. The summed E-state index contributed by atoms with van der Waals surface area (Å²) in [7, 11) is 0. The molecule has 172 valence electrons. The fraction of sp³-hybridized carbons (Fsp3) is 0.240. The first-order chi connectivity index (χ1) is 16.6. The van der Waals surface area contributed by atoms with Gasteiger partial charge >= 0.3 is 0 Å². The number of nitrogens with zero attached hydrogens (tertiary/aromatic N) is 5. The molecule has 0 saturated carbocycles. The molecule has 0 radical (unpaired) electrons. The molecule has 1 saturated heterocycles. The molecule has 2 aromatic carbocycles. The van der Waals surface area contributed by atoms with Crippen LogP contribution in [0.2, 0.25) is 5.02 Å². The number of piperazine rings is 1. The number of amides is 1. The molecule has 8 nitrogen and oxygen atoms in total. The van der Waals surface area contributed by atoms with Gasteiger partial charge in [-0.2, -0.15) is 5.10 Å². The molecule has 6 rings (SSSR count). The number of aromatic nitrogens is 3. The van der Waals surface area contributed by atoms with Crippen LogP contribution in [-0.4, -0.2) is 58.4 Å². The lowest BCUT2D eigenvalue weighted by Gasteiger charge is -2.36. The Labute approximate surface area is 201 Å². The molecular formula is C25H22ClN5O3. The Balaban J connectivity index is 1.24. The van der Waals surface area contributed by atoms with Crippen LogP contribution in [0.25, 0.3) is 16.9 Å². The van der Waals surface area contributed by atoms with Gasteiger partial charge in [-0.3, -0.25) is 4.79 Å². The zero-order valence-electron chi connectivity index (χ0n) is 18.6. The number of aryl methyl sites for hydroxylation is 1. The topological polar surface area (TPSA) is 72.2 Å². The number of carbonyl (C=O) groups is 1. The molecule has 9 heteroatoms. The molecule has 2 aliphatic rings. The van der Waals surface area contributed by atoms with E-state index in [0.717, 1.165) is 40.8 Å². The van der Waals surface area contributed by atoms with Gasteiger partial charge in [-0.25, -0.2) is 9.50 Å².